The highest BCUT2D eigenvalue weighted by Gasteiger charge is 2.83. The fourth-order valence-corrected chi connectivity index (χ4v) is 6.88. The molecule has 5 fully saturated rings. The van der Waals surface area contributed by atoms with Crippen LogP contribution in [0, 0.1) is 28.6 Å². The first-order chi connectivity index (χ1) is 12.0. The van der Waals surface area contributed by atoms with Crippen LogP contribution in [0.2, 0.25) is 0 Å². The molecule has 0 amide bonds. The van der Waals surface area contributed by atoms with Gasteiger partial charge in [0.1, 0.15) is 6.10 Å². The second kappa shape index (κ2) is 6.92. The van der Waals surface area contributed by atoms with E-state index in [4.69, 9.17) is 24.0 Å². The molecule has 5 rings (SSSR count). The maximum atomic E-state index is 6.41. The van der Waals surface area contributed by atoms with Gasteiger partial charge in [-0.15, -0.1) is 0 Å². The molecule has 6 heteroatoms. The molecule has 0 aromatic heterocycles. The van der Waals surface area contributed by atoms with Gasteiger partial charge in [0.05, 0.1) is 6.61 Å². The minimum atomic E-state index is -0.717. The first-order valence-electron chi connectivity index (χ1n) is 9.92. The molecule has 3 bridgehead atoms. The lowest BCUT2D eigenvalue weighted by atomic mass is 9.30. The van der Waals surface area contributed by atoms with Gasteiger partial charge < -0.3 is 19.5 Å². The van der Waals surface area contributed by atoms with Crippen LogP contribution in [0.15, 0.2) is 0 Å². The lowest BCUT2D eigenvalue weighted by molar-refractivity contribution is -0.563. The Morgan fingerprint density at radius 2 is 1.89 bits per heavy atom. The summed E-state index contributed by atoms with van der Waals surface area (Å²) in [4.78, 5) is 12.0. The highest BCUT2D eigenvalue weighted by molar-refractivity contribution is 5.26. The molecule has 6 nitrogen and oxygen atoms in total. The molecule has 1 N–H and O–H groups in total. The van der Waals surface area contributed by atoms with Gasteiger partial charge in [0.25, 0.3) is 0 Å². The topological polar surface area (TPSA) is 58.2 Å². The van der Waals surface area contributed by atoms with E-state index in [9.17, 15) is 0 Å². The summed E-state index contributed by atoms with van der Waals surface area (Å²) in [6.07, 6.45) is 3.98. The third-order valence-corrected chi connectivity index (χ3v) is 8.19. The number of fused-ring (bicyclic) bond motifs is 2. The van der Waals surface area contributed by atoms with Gasteiger partial charge in [0, 0.05) is 35.6 Å². The van der Waals surface area contributed by atoms with Gasteiger partial charge in [-0.25, -0.2) is 9.78 Å². The summed E-state index contributed by atoms with van der Waals surface area (Å²) in [5.74, 6) is 0.549. The summed E-state index contributed by atoms with van der Waals surface area (Å²) in [5.41, 5.74) is 0.173. The molecule has 158 valence electrons. The Balaban J connectivity index is 0.00000105. The van der Waals surface area contributed by atoms with Crippen molar-refractivity contribution in [3.05, 3.63) is 0 Å². The van der Waals surface area contributed by atoms with Gasteiger partial charge in [0.2, 0.25) is 5.79 Å². The number of rotatable bonds is 4. The van der Waals surface area contributed by atoms with Crippen molar-refractivity contribution in [3.63, 3.8) is 0 Å². The van der Waals surface area contributed by atoms with Crippen LogP contribution in [0.1, 0.15) is 61.3 Å². The number of ether oxygens (including phenoxy) is 3. The third kappa shape index (κ3) is 2.47. The van der Waals surface area contributed by atoms with Crippen LogP contribution in [-0.2, 0) is 24.0 Å². The Bertz CT molecular complexity index is 561. The number of hydrogen-bond donors (Lipinski definition) is 1. The Hall–Kier alpha value is -0.240. The van der Waals surface area contributed by atoms with Crippen LogP contribution >= 0.6 is 0 Å². The van der Waals surface area contributed by atoms with Crippen molar-refractivity contribution < 1.29 is 24.0 Å². The molecule has 3 saturated heterocycles. The van der Waals surface area contributed by atoms with Crippen LogP contribution in [0.5, 0.6) is 0 Å². The summed E-state index contributed by atoms with van der Waals surface area (Å²) < 4.78 is 18.9. The van der Waals surface area contributed by atoms with E-state index in [0.29, 0.717) is 18.4 Å². The highest BCUT2D eigenvalue weighted by atomic mass is 17.2. The molecule has 0 aromatic carbocycles. The minimum absolute atomic E-state index is 0. The molecule has 27 heavy (non-hydrogen) atoms. The van der Waals surface area contributed by atoms with Crippen molar-refractivity contribution in [1.82, 2.24) is 5.32 Å². The molecule has 5 unspecified atom stereocenters. The van der Waals surface area contributed by atoms with E-state index in [1.807, 2.05) is 14.0 Å². The SMILES string of the molecule is C.C.CNCCOC1O[C@@H]2O[C@]3(C)CCC45C(OO3)C(CC[C@H]4C)(C25)[C@H]1C. The number of nitrogens with one attached hydrogen (secondary N) is 1. The van der Waals surface area contributed by atoms with Crippen LogP contribution in [-0.4, -0.2) is 44.7 Å². The van der Waals surface area contributed by atoms with Crippen molar-refractivity contribution >= 4 is 0 Å². The lowest BCUT2D eigenvalue weighted by Gasteiger charge is -2.77. The first-order valence-corrected chi connectivity index (χ1v) is 9.92. The maximum Gasteiger partial charge on any atom is 0.201 e. The molecular formula is C21H39NO5. The Labute approximate surface area is 164 Å². The highest BCUT2D eigenvalue weighted by Crippen LogP contribution is 2.79. The zero-order valence-corrected chi connectivity index (χ0v) is 15.7. The second-order valence-electron chi connectivity index (χ2n) is 9.09. The van der Waals surface area contributed by atoms with Crippen LogP contribution in [0.4, 0.5) is 0 Å². The molecule has 2 saturated carbocycles. The maximum absolute atomic E-state index is 6.41. The van der Waals surface area contributed by atoms with Crippen molar-refractivity contribution in [2.45, 2.75) is 85.8 Å². The van der Waals surface area contributed by atoms with E-state index in [2.05, 4.69) is 19.2 Å². The predicted molar refractivity (Wildman–Crippen MR) is 103 cm³/mol. The van der Waals surface area contributed by atoms with Gasteiger partial charge in [0.15, 0.2) is 12.6 Å². The summed E-state index contributed by atoms with van der Waals surface area (Å²) in [5, 5.41) is 3.13. The van der Waals surface area contributed by atoms with Gasteiger partial charge in [-0.05, 0) is 39.2 Å². The lowest BCUT2D eigenvalue weighted by Crippen LogP contribution is -2.82. The molecule has 3 heterocycles. The summed E-state index contributed by atoms with van der Waals surface area (Å²) in [6, 6.07) is 0. The van der Waals surface area contributed by atoms with E-state index in [-0.39, 0.29) is 50.3 Å². The van der Waals surface area contributed by atoms with Crippen LogP contribution < -0.4 is 5.32 Å². The second-order valence-corrected chi connectivity index (χ2v) is 9.09. The minimum Gasteiger partial charge on any atom is -0.351 e. The quantitative estimate of drug-likeness (QED) is 0.588. The molecule has 3 aliphatic heterocycles. The fourth-order valence-electron chi connectivity index (χ4n) is 6.88. The van der Waals surface area contributed by atoms with Crippen molar-refractivity contribution in [3.8, 4) is 0 Å². The zero-order chi connectivity index (χ0) is 17.4. The molecular weight excluding hydrogens is 346 g/mol. The van der Waals surface area contributed by atoms with Gasteiger partial charge in [-0.1, -0.05) is 28.7 Å². The van der Waals surface area contributed by atoms with E-state index in [1.165, 1.54) is 6.42 Å². The molecule has 2 aliphatic carbocycles. The average Bonchev–Trinajstić information content (AvgIpc) is 2.77. The smallest absolute Gasteiger partial charge is 0.201 e. The summed E-state index contributed by atoms with van der Waals surface area (Å²) in [7, 11) is 1.94. The number of likely N-dealkylation sites (N-methyl/N-ethyl adjacent to an activating group) is 1. The third-order valence-electron chi connectivity index (χ3n) is 8.19. The molecule has 5 aliphatic rings. The van der Waals surface area contributed by atoms with Gasteiger partial charge >= 0.3 is 0 Å². The van der Waals surface area contributed by atoms with Crippen molar-refractivity contribution in [2.24, 2.45) is 28.6 Å². The number of hydrogen-bond acceptors (Lipinski definition) is 6. The predicted octanol–water partition coefficient (Wildman–Crippen LogP) is 3.70. The van der Waals surface area contributed by atoms with Crippen molar-refractivity contribution in [2.75, 3.05) is 20.2 Å². The fraction of sp³-hybridized carbons (Fsp3) is 1.00. The first kappa shape index (κ1) is 21.5. The van der Waals surface area contributed by atoms with Gasteiger partial charge in [-0.2, -0.15) is 0 Å². The van der Waals surface area contributed by atoms with Gasteiger partial charge in [-0.3, -0.25) is 0 Å². The summed E-state index contributed by atoms with van der Waals surface area (Å²) >= 11 is 0. The standard InChI is InChI=1S/C19H31NO5.2CH4/c1-11-5-6-19-12(2)14(21-10-9-20-4)22-15-13(19)18(11)8-7-17(3,23-15)25-24-16(18)19;;/h11-16,20H,5-10H2,1-4H3;2*1H4/t11-,12+,13?,14?,15-,16?,17+,18?,19?;;/m1../s1. The van der Waals surface area contributed by atoms with Crippen LogP contribution in [0.25, 0.3) is 0 Å². The molecule has 9 atom stereocenters. The average molecular weight is 386 g/mol. The van der Waals surface area contributed by atoms with Crippen LogP contribution in [0.3, 0.4) is 0 Å². The van der Waals surface area contributed by atoms with E-state index in [0.717, 1.165) is 25.8 Å². The molecule has 0 radical (unpaired) electrons. The molecule has 2 spiro atoms. The Morgan fingerprint density at radius 3 is 2.63 bits per heavy atom. The largest absolute Gasteiger partial charge is 0.351 e. The Morgan fingerprint density at radius 1 is 1.11 bits per heavy atom. The molecule has 0 aromatic rings. The monoisotopic (exact) mass is 385 g/mol. The van der Waals surface area contributed by atoms with E-state index >= 15 is 0 Å². The Kier molecular flexibility index (Phi) is 5.50. The zero-order valence-electron chi connectivity index (χ0n) is 15.7. The van der Waals surface area contributed by atoms with E-state index in [1.54, 1.807) is 0 Å². The normalized spacial score (nSPS) is 54.7. The van der Waals surface area contributed by atoms with Crippen molar-refractivity contribution in [1.29, 1.82) is 0 Å². The van der Waals surface area contributed by atoms with E-state index < -0.39 is 5.79 Å². The summed E-state index contributed by atoms with van der Waals surface area (Å²) in [6.45, 7) is 8.08.